The number of β-amino-alcohol motifs (C(OH)–C–C–N with tert-alkyl or cyclic N) is 1. The van der Waals surface area contributed by atoms with Crippen molar-refractivity contribution in [2.24, 2.45) is 0 Å². The van der Waals surface area contributed by atoms with E-state index in [0.717, 1.165) is 16.4 Å². The zero-order chi connectivity index (χ0) is 13.3. The topological polar surface area (TPSA) is 57.6 Å². The van der Waals surface area contributed by atoms with Crippen molar-refractivity contribution in [3.63, 3.8) is 0 Å². The molecule has 1 aromatic carbocycles. The second kappa shape index (κ2) is 4.91. The van der Waals surface area contributed by atoms with Gasteiger partial charge >= 0.3 is 0 Å². The normalized spacial score (nSPS) is 21.4. The fourth-order valence-electron chi connectivity index (χ4n) is 1.91. The van der Waals surface area contributed by atoms with Crippen molar-refractivity contribution < 1.29 is 22.3 Å². The molecule has 100 valence electrons. The standard InChI is InChI=1S/C11H13F2NO3S/c12-10-2-1-3-11(13)9(10)7-18(16,17)14-5-4-8(15)6-14/h1-3,8,15H,4-7H2/t8-/m0/s1. The summed E-state index contributed by atoms with van der Waals surface area (Å²) in [4.78, 5) is 0. The number of halogens is 2. The lowest BCUT2D eigenvalue weighted by atomic mass is 10.2. The van der Waals surface area contributed by atoms with Crippen molar-refractivity contribution in [1.82, 2.24) is 4.31 Å². The molecule has 18 heavy (non-hydrogen) atoms. The lowest BCUT2D eigenvalue weighted by molar-refractivity contribution is 0.189. The maximum absolute atomic E-state index is 13.4. The summed E-state index contributed by atoms with van der Waals surface area (Å²) in [6.45, 7) is 0.165. The third-order valence-corrected chi connectivity index (χ3v) is 4.68. The van der Waals surface area contributed by atoms with Gasteiger partial charge in [0.25, 0.3) is 0 Å². The van der Waals surface area contributed by atoms with E-state index in [1.54, 1.807) is 0 Å². The van der Waals surface area contributed by atoms with E-state index in [2.05, 4.69) is 0 Å². The second-order valence-corrected chi connectivity index (χ2v) is 6.23. The van der Waals surface area contributed by atoms with Gasteiger partial charge in [0.15, 0.2) is 0 Å². The van der Waals surface area contributed by atoms with E-state index < -0.39 is 39.1 Å². The fraction of sp³-hybridized carbons (Fsp3) is 0.455. The van der Waals surface area contributed by atoms with Crippen LogP contribution in [0.4, 0.5) is 8.78 Å². The molecule has 0 amide bonds. The predicted octanol–water partition coefficient (Wildman–Crippen LogP) is 0.861. The summed E-state index contributed by atoms with van der Waals surface area (Å²) in [6, 6.07) is 3.22. The van der Waals surface area contributed by atoms with Crippen LogP contribution in [0, 0.1) is 11.6 Å². The lowest BCUT2D eigenvalue weighted by Crippen LogP contribution is -2.31. The van der Waals surface area contributed by atoms with Crippen molar-refractivity contribution in [2.75, 3.05) is 13.1 Å². The molecule has 0 aromatic heterocycles. The van der Waals surface area contributed by atoms with Crippen molar-refractivity contribution in [1.29, 1.82) is 0 Å². The number of nitrogens with zero attached hydrogens (tertiary/aromatic N) is 1. The highest BCUT2D eigenvalue weighted by Crippen LogP contribution is 2.20. The predicted molar refractivity (Wildman–Crippen MR) is 61.2 cm³/mol. The molecule has 1 fully saturated rings. The van der Waals surface area contributed by atoms with Gasteiger partial charge in [-0.05, 0) is 18.6 Å². The van der Waals surface area contributed by atoms with E-state index in [0.29, 0.717) is 6.42 Å². The molecule has 0 saturated carbocycles. The molecule has 0 aliphatic carbocycles. The Bertz CT molecular complexity index is 527. The number of sulfonamides is 1. The van der Waals surface area contributed by atoms with Crippen LogP contribution in [0.3, 0.4) is 0 Å². The van der Waals surface area contributed by atoms with Crippen LogP contribution in [0.15, 0.2) is 18.2 Å². The molecule has 2 rings (SSSR count). The first-order valence-electron chi connectivity index (χ1n) is 5.49. The lowest BCUT2D eigenvalue weighted by Gasteiger charge is -2.16. The van der Waals surface area contributed by atoms with Crippen LogP contribution in [0.25, 0.3) is 0 Å². The van der Waals surface area contributed by atoms with E-state index in [4.69, 9.17) is 0 Å². The average Bonchev–Trinajstić information content (AvgIpc) is 2.71. The summed E-state index contributed by atoms with van der Waals surface area (Å²) < 4.78 is 51.7. The number of hydrogen-bond acceptors (Lipinski definition) is 3. The largest absolute Gasteiger partial charge is 0.392 e. The van der Waals surface area contributed by atoms with Gasteiger partial charge in [-0.25, -0.2) is 17.2 Å². The molecular weight excluding hydrogens is 264 g/mol. The van der Waals surface area contributed by atoms with Gasteiger partial charge in [-0.2, -0.15) is 4.31 Å². The second-order valence-electron chi connectivity index (χ2n) is 4.26. The van der Waals surface area contributed by atoms with E-state index in [9.17, 15) is 22.3 Å². The van der Waals surface area contributed by atoms with Gasteiger partial charge in [0, 0.05) is 18.7 Å². The van der Waals surface area contributed by atoms with Crippen LogP contribution in [0.5, 0.6) is 0 Å². The molecule has 0 spiro atoms. The molecule has 1 atom stereocenters. The zero-order valence-electron chi connectivity index (χ0n) is 9.51. The Hall–Kier alpha value is -1.05. The van der Waals surface area contributed by atoms with Crippen molar-refractivity contribution in [3.8, 4) is 0 Å². The number of aliphatic hydroxyl groups is 1. The minimum absolute atomic E-state index is 0.0155. The van der Waals surface area contributed by atoms with Gasteiger partial charge in [-0.3, -0.25) is 0 Å². The Labute approximate surface area is 104 Å². The molecule has 1 N–H and O–H groups in total. The van der Waals surface area contributed by atoms with Gasteiger partial charge < -0.3 is 5.11 Å². The van der Waals surface area contributed by atoms with Crippen molar-refractivity contribution in [3.05, 3.63) is 35.4 Å². The van der Waals surface area contributed by atoms with Crippen LogP contribution in [-0.2, 0) is 15.8 Å². The molecule has 0 radical (unpaired) electrons. The van der Waals surface area contributed by atoms with E-state index >= 15 is 0 Å². The molecule has 1 aromatic rings. The van der Waals surface area contributed by atoms with Crippen LogP contribution in [0.1, 0.15) is 12.0 Å². The summed E-state index contributed by atoms with van der Waals surface area (Å²) in [7, 11) is -3.80. The fourth-order valence-corrected chi connectivity index (χ4v) is 3.51. The Balaban J connectivity index is 2.23. The van der Waals surface area contributed by atoms with E-state index in [1.807, 2.05) is 0 Å². The molecule has 0 bridgehead atoms. The maximum Gasteiger partial charge on any atom is 0.218 e. The van der Waals surface area contributed by atoms with Gasteiger partial charge in [0.05, 0.1) is 11.9 Å². The van der Waals surface area contributed by atoms with Gasteiger partial charge in [0.1, 0.15) is 11.6 Å². The Kier molecular flexibility index (Phi) is 3.65. The van der Waals surface area contributed by atoms with E-state index in [1.165, 1.54) is 6.07 Å². The Morgan fingerprint density at radius 1 is 1.33 bits per heavy atom. The molecule has 1 saturated heterocycles. The summed E-state index contributed by atoms with van der Waals surface area (Å²) in [5.74, 6) is -2.48. The highest BCUT2D eigenvalue weighted by molar-refractivity contribution is 7.88. The minimum Gasteiger partial charge on any atom is -0.392 e. The number of aliphatic hydroxyl groups excluding tert-OH is 1. The summed E-state index contributed by atoms with van der Waals surface area (Å²) in [6.07, 6.45) is -0.357. The Morgan fingerprint density at radius 3 is 2.44 bits per heavy atom. The first-order chi connectivity index (χ1) is 8.40. The number of benzene rings is 1. The minimum atomic E-state index is -3.80. The molecule has 1 aliphatic rings. The number of rotatable bonds is 3. The van der Waals surface area contributed by atoms with Gasteiger partial charge in [-0.15, -0.1) is 0 Å². The number of hydrogen-bond donors (Lipinski definition) is 1. The maximum atomic E-state index is 13.4. The summed E-state index contributed by atoms with van der Waals surface area (Å²) in [5, 5.41) is 9.28. The quantitative estimate of drug-likeness (QED) is 0.891. The van der Waals surface area contributed by atoms with Crippen LogP contribution in [-0.4, -0.2) is 37.0 Å². The molecule has 0 unspecified atom stereocenters. The highest BCUT2D eigenvalue weighted by atomic mass is 32.2. The summed E-state index contributed by atoms with van der Waals surface area (Å²) in [5.41, 5.74) is -0.459. The SMILES string of the molecule is O=S(=O)(Cc1c(F)cccc1F)N1CC[C@H](O)C1. The van der Waals surface area contributed by atoms with Gasteiger partial charge in [0.2, 0.25) is 10.0 Å². The highest BCUT2D eigenvalue weighted by Gasteiger charge is 2.31. The van der Waals surface area contributed by atoms with Crippen LogP contribution < -0.4 is 0 Å². The molecule has 1 heterocycles. The monoisotopic (exact) mass is 277 g/mol. The third kappa shape index (κ3) is 2.68. The zero-order valence-corrected chi connectivity index (χ0v) is 10.3. The molecule has 1 aliphatic heterocycles. The van der Waals surface area contributed by atoms with Gasteiger partial charge in [-0.1, -0.05) is 6.07 Å². The first-order valence-corrected chi connectivity index (χ1v) is 7.10. The smallest absolute Gasteiger partial charge is 0.218 e. The summed E-state index contributed by atoms with van der Waals surface area (Å²) >= 11 is 0. The first kappa shape index (κ1) is 13.4. The molecular formula is C11H13F2NO3S. The van der Waals surface area contributed by atoms with E-state index in [-0.39, 0.29) is 13.1 Å². The third-order valence-electron chi connectivity index (χ3n) is 2.91. The van der Waals surface area contributed by atoms with Crippen LogP contribution in [0.2, 0.25) is 0 Å². The van der Waals surface area contributed by atoms with Crippen LogP contribution >= 0.6 is 0 Å². The average molecular weight is 277 g/mol. The van der Waals surface area contributed by atoms with Crippen molar-refractivity contribution >= 4 is 10.0 Å². The van der Waals surface area contributed by atoms with Crippen molar-refractivity contribution in [2.45, 2.75) is 18.3 Å². The molecule has 4 nitrogen and oxygen atoms in total. The molecule has 7 heteroatoms. The Morgan fingerprint density at radius 2 is 1.94 bits per heavy atom.